The minimum Gasteiger partial charge on any atom is -0.490 e. The second kappa shape index (κ2) is 10.9. The van der Waals surface area contributed by atoms with Crippen molar-refractivity contribution in [2.75, 3.05) is 18.4 Å². The summed E-state index contributed by atoms with van der Waals surface area (Å²) in [6.07, 6.45) is 4.38. The number of hydrogen-bond acceptors (Lipinski definition) is 4. The van der Waals surface area contributed by atoms with E-state index < -0.39 is 0 Å². The zero-order valence-electron chi connectivity index (χ0n) is 18.0. The van der Waals surface area contributed by atoms with Crippen molar-refractivity contribution in [3.63, 3.8) is 0 Å². The van der Waals surface area contributed by atoms with Gasteiger partial charge in [0.1, 0.15) is 5.75 Å². The van der Waals surface area contributed by atoms with Crippen LogP contribution in [-0.4, -0.2) is 41.0 Å². The third-order valence-electron chi connectivity index (χ3n) is 4.98. The molecule has 1 heterocycles. The van der Waals surface area contributed by atoms with Crippen LogP contribution in [0.4, 0.5) is 5.69 Å². The molecule has 2 aromatic rings. The molecule has 1 aliphatic heterocycles. The van der Waals surface area contributed by atoms with E-state index in [4.69, 9.17) is 17.0 Å². The van der Waals surface area contributed by atoms with Gasteiger partial charge in [-0.2, -0.15) is 0 Å². The maximum absolute atomic E-state index is 12.9. The molecule has 7 heteroatoms. The van der Waals surface area contributed by atoms with Gasteiger partial charge < -0.3 is 15.0 Å². The molecule has 6 nitrogen and oxygen atoms in total. The molecule has 3 rings (SSSR count). The number of rotatable bonds is 5. The fourth-order valence-electron chi connectivity index (χ4n) is 3.53. The molecule has 2 amide bonds. The van der Waals surface area contributed by atoms with Crippen LogP contribution in [0.15, 0.2) is 48.5 Å². The van der Waals surface area contributed by atoms with E-state index in [2.05, 4.69) is 10.6 Å². The van der Waals surface area contributed by atoms with Gasteiger partial charge in [-0.3, -0.25) is 14.9 Å². The molecule has 31 heavy (non-hydrogen) atoms. The van der Waals surface area contributed by atoms with Gasteiger partial charge in [0.25, 0.3) is 11.8 Å². The molecule has 0 bridgehead atoms. The molecule has 2 aromatic carbocycles. The normalized spacial score (nSPS) is 14.0. The van der Waals surface area contributed by atoms with Crippen LogP contribution in [0.3, 0.4) is 0 Å². The highest BCUT2D eigenvalue weighted by atomic mass is 32.1. The number of likely N-dealkylation sites (tertiary alicyclic amines) is 1. The molecule has 0 atom stereocenters. The van der Waals surface area contributed by atoms with Crippen molar-refractivity contribution in [1.82, 2.24) is 10.2 Å². The molecule has 1 fully saturated rings. The van der Waals surface area contributed by atoms with E-state index >= 15 is 0 Å². The Hall–Kier alpha value is -2.93. The Bertz CT molecular complexity index is 937. The zero-order chi connectivity index (χ0) is 22.2. The molecule has 0 unspecified atom stereocenters. The van der Waals surface area contributed by atoms with E-state index in [-0.39, 0.29) is 23.0 Å². The smallest absolute Gasteiger partial charge is 0.261 e. The average molecular weight is 440 g/mol. The van der Waals surface area contributed by atoms with Crippen molar-refractivity contribution in [2.45, 2.75) is 45.6 Å². The first-order chi connectivity index (χ1) is 14.9. The van der Waals surface area contributed by atoms with Gasteiger partial charge in [-0.05, 0) is 69.2 Å². The van der Waals surface area contributed by atoms with Crippen LogP contribution < -0.4 is 15.4 Å². The predicted molar refractivity (Wildman–Crippen MR) is 127 cm³/mol. The van der Waals surface area contributed by atoms with Gasteiger partial charge >= 0.3 is 0 Å². The summed E-state index contributed by atoms with van der Waals surface area (Å²) in [5, 5.41) is 5.84. The van der Waals surface area contributed by atoms with Crippen molar-refractivity contribution >= 4 is 34.8 Å². The topological polar surface area (TPSA) is 70.7 Å². The van der Waals surface area contributed by atoms with Crippen LogP contribution in [-0.2, 0) is 0 Å². The van der Waals surface area contributed by atoms with E-state index in [1.165, 1.54) is 12.8 Å². The summed E-state index contributed by atoms with van der Waals surface area (Å²) in [7, 11) is 0. The third kappa shape index (κ3) is 6.52. The zero-order valence-corrected chi connectivity index (χ0v) is 18.8. The number of hydrogen-bond donors (Lipinski definition) is 2. The first kappa shape index (κ1) is 22.7. The van der Waals surface area contributed by atoms with Crippen LogP contribution >= 0.6 is 12.2 Å². The number of amides is 2. The highest BCUT2D eigenvalue weighted by Crippen LogP contribution is 2.20. The van der Waals surface area contributed by atoms with Crippen LogP contribution in [0.5, 0.6) is 5.75 Å². The van der Waals surface area contributed by atoms with E-state index in [1.54, 1.807) is 30.3 Å². The Morgan fingerprint density at radius 1 is 1.00 bits per heavy atom. The molecule has 0 saturated carbocycles. The number of nitrogens with zero attached hydrogens (tertiary/aromatic N) is 1. The highest BCUT2D eigenvalue weighted by Gasteiger charge is 2.18. The number of carbonyl (C=O) groups excluding carboxylic acids is 2. The minimum absolute atomic E-state index is 0.0280. The standard InChI is InChI=1S/C24H29N3O3S/c1-17(2)30-21-13-6-5-12-20(21)22(28)26-24(31)25-19-11-9-10-18(16-19)23(29)27-14-7-3-4-8-15-27/h5-6,9-13,16-17H,3-4,7-8,14-15H2,1-2H3,(H2,25,26,28,31). The van der Waals surface area contributed by atoms with E-state index in [9.17, 15) is 9.59 Å². The Kier molecular flexibility index (Phi) is 8.00. The number of thiocarbonyl (C=S) groups is 1. The number of para-hydroxylation sites is 1. The molecule has 0 spiro atoms. The summed E-state index contributed by atoms with van der Waals surface area (Å²) in [5.41, 5.74) is 1.67. The fourth-order valence-corrected chi connectivity index (χ4v) is 3.74. The van der Waals surface area contributed by atoms with Crippen LogP contribution in [0, 0.1) is 0 Å². The summed E-state index contributed by atoms with van der Waals surface area (Å²) >= 11 is 5.32. The highest BCUT2D eigenvalue weighted by molar-refractivity contribution is 7.80. The Morgan fingerprint density at radius 3 is 2.42 bits per heavy atom. The summed E-state index contributed by atoms with van der Waals surface area (Å²) < 4.78 is 5.71. The molecule has 164 valence electrons. The predicted octanol–water partition coefficient (Wildman–Crippen LogP) is 4.62. The van der Waals surface area contributed by atoms with Crippen LogP contribution in [0.2, 0.25) is 0 Å². The van der Waals surface area contributed by atoms with E-state index in [0.717, 1.165) is 25.9 Å². The Balaban J connectivity index is 1.64. The number of nitrogens with one attached hydrogen (secondary N) is 2. The SMILES string of the molecule is CC(C)Oc1ccccc1C(=O)NC(=S)Nc1cccc(C(=O)N2CCCCCC2)c1. The van der Waals surface area contributed by atoms with Crippen molar-refractivity contribution in [1.29, 1.82) is 0 Å². The third-order valence-corrected chi connectivity index (χ3v) is 5.19. The van der Waals surface area contributed by atoms with Crippen LogP contribution in [0.25, 0.3) is 0 Å². The summed E-state index contributed by atoms with van der Waals surface area (Å²) in [6.45, 7) is 5.40. The number of benzene rings is 2. The van der Waals surface area contributed by atoms with Crippen molar-refractivity contribution in [2.24, 2.45) is 0 Å². The number of ether oxygens (including phenoxy) is 1. The maximum atomic E-state index is 12.9. The molecular weight excluding hydrogens is 410 g/mol. The second-order valence-electron chi connectivity index (χ2n) is 7.86. The molecule has 1 aliphatic rings. The molecule has 0 aliphatic carbocycles. The quantitative estimate of drug-likeness (QED) is 0.666. The van der Waals surface area contributed by atoms with Gasteiger partial charge in [0.15, 0.2) is 5.11 Å². The lowest BCUT2D eigenvalue weighted by Gasteiger charge is -2.20. The lowest BCUT2D eigenvalue weighted by Crippen LogP contribution is -2.34. The lowest BCUT2D eigenvalue weighted by molar-refractivity contribution is 0.0761. The number of carbonyl (C=O) groups is 2. The van der Waals surface area contributed by atoms with Gasteiger partial charge in [0.05, 0.1) is 11.7 Å². The van der Waals surface area contributed by atoms with Crippen molar-refractivity contribution < 1.29 is 14.3 Å². The second-order valence-corrected chi connectivity index (χ2v) is 8.27. The van der Waals surface area contributed by atoms with Gasteiger partial charge in [0.2, 0.25) is 0 Å². The summed E-state index contributed by atoms with van der Waals surface area (Å²) in [5.74, 6) is 0.175. The van der Waals surface area contributed by atoms with Crippen molar-refractivity contribution in [3.05, 3.63) is 59.7 Å². The molecule has 0 radical (unpaired) electrons. The van der Waals surface area contributed by atoms with E-state index in [1.807, 2.05) is 36.9 Å². The monoisotopic (exact) mass is 439 g/mol. The lowest BCUT2D eigenvalue weighted by atomic mass is 10.1. The summed E-state index contributed by atoms with van der Waals surface area (Å²) in [6, 6.07) is 14.2. The average Bonchev–Trinajstić information content (AvgIpc) is 3.03. The van der Waals surface area contributed by atoms with E-state index in [0.29, 0.717) is 22.6 Å². The Morgan fingerprint density at radius 2 is 1.71 bits per heavy atom. The largest absolute Gasteiger partial charge is 0.490 e. The minimum atomic E-state index is -0.356. The van der Waals surface area contributed by atoms with Crippen molar-refractivity contribution in [3.8, 4) is 5.75 Å². The molecular formula is C24H29N3O3S. The Labute approximate surface area is 189 Å². The molecule has 2 N–H and O–H groups in total. The summed E-state index contributed by atoms with van der Waals surface area (Å²) in [4.78, 5) is 27.5. The fraction of sp³-hybridized carbons (Fsp3) is 0.375. The first-order valence-corrected chi connectivity index (χ1v) is 11.1. The van der Waals surface area contributed by atoms with Gasteiger partial charge in [-0.25, -0.2) is 0 Å². The molecule has 0 aromatic heterocycles. The van der Waals surface area contributed by atoms with Gasteiger partial charge in [-0.15, -0.1) is 0 Å². The molecule has 1 saturated heterocycles. The number of anilines is 1. The first-order valence-electron chi connectivity index (χ1n) is 10.7. The van der Waals surface area contributed by atoms with Crippen LogP contribution in [0.1, 0.15) is 60.2 Å². The maximum Gasteiger partial charge on any atom is 0.261 e. The van der Waals surface area contributed by atoms with Gasteiger partial charge in [-0.1, -0.05) is 31.0 Å². The van der Waals surface area contributed by atoms with Gasteiger partial charge in [0, 0.05) is 24.3 Å².